The van der Waals surface area contributed by atoms with Crippen LogP contribution >= 0.6 is 0 Å². The number of rotatable bonds is 4. The number of carbonyl (C=O) groups excluding carboxylic acids is 1. The molecule has 0 saturated heterocycles. The maximum atomic E-state index is 13.0. The van der Waals surface area contributed by atoms with E-state index in [4.69, 9.17) is 4.74 Å². The number of aromatic nitrogens is 3. The van der Waals surface area contributed by atoms with Gasteiger partial charge < -0.3 is 4.74 Å². The van der Waals surface area contributed by atoms with E-state index in [1.807, 2.05) is 0 Å². The molecule has 23 heavy (non-hydrogen) atoms. The third kappa shape index (κ3) is 3.20. The van der Waals surface area contributed by atoms with Crippen LogP contribution in [0.2, 0.25) is 0 Å². The molecule has 0 N–H and O–H groups in total. The minimum Gasteiger partial charge on any atom is -0.462 e. The van der Waals surface area contributed by atoms with Gasteiger partial charge in [0.25, 0.3) is 5.56 Å². The average Bonchev–Trinajstić information content (AvgIpc) is 2.49. The van der Waals surface area contributed by atoms with Crippen LogP contribution in [0.4, 0.5) is 4.39 Å². The maximum absolute atomic E-state index is 13.0. The average molecular weight is 321 g/mol. The van der Waals surface area contributed by atoms with Crippen molar-refractivity contribution in [3.8, 4) is 5.82 Å². The Hall–Kier alpha value is -2.77. The minimum absolute atomic E-state index is 0.0676. The second-order valence-electron chi connectivity index (χ2n) is 5.02. The molecule has 0 unspecified atom stereocenters. The molecule has 122 valence electrons. The summed E-state index contributed by atoms with van der Waals surface area (Å²) in [4.78, 5) is 40.7. The first-order chi connectivity index (χ1) is 10.9. The zero-order valence-electron chi connectivity index (χ0n) is 12.9. The van der Waals surface area contributed by atoms with Crippen LogP contribution in [0.15, 0.2) is 34.1 Å². The van der Waals surface area contributed by atoms with Crippen molar-refractivity contribution < 1.29 is 13.9 Å². The molecule has 0 spiro atoms. The van der Waals surface area contributed by atoms with Gasteiger partial charge in [0.05, 0.1) is 12.8 Å². The van der Waals surface area contributed by atoms with E-state index in [9.17, 15) is 18.8 Å². The molecule has 0 bridgehead atoms. The van der Waals surface area contributed by atoms with Crippen molar-refractivity contribution in [3.63, 3.8) is 0 Å². The lowest BCUT2D eigenvalue weighted by Gasteiger charge is -2.14. The van der Waals surface area contributed by atoms with Gasteiger partial charge in [-0.3, -0.25) is 9.36 Å². The zero-order chi connectivity index (χ0) is 17.1. The van der Waals surface area contributed by atoms with Crippen LogP contribution in [0.25, 0.3) is 5.82 Å². The Morgan fingerprint density at radius 1 is 1.35 bits per heavy atom. The minimum atomic E-state index is -0.857. The number of pyridine rings is 1. The van der Waals surface area contributed by atoms with Crippen LogP contribution in [-0.4, -0.2) is 26.7 Å². The first kappa shape index (κ1) is 16.6. The highest BCUT2D eigenvalue weighted by molar-refractivity contribution is 5.88. The highest BCUT2D eigenvalue weighted by Crippen LogP contribution is 2.05. The second kappa shape index (κ2) is 6.55. The monoisotopic (exact) mass is 321 g/mol. The van der Waals surface area contributed by atoms with Gasteiger partial charge in [0.1, 0.15) is 17.2 Å². The van der Waals surface area contributed by atoms with Crippen molar-refractivity contribution in [3.05, 3.63) is 56.7 Å². The van der Waals surface area contributed by atoms with E-state index < -0.39 is 23.0 Å². The molecule has 2 aromatic heterocycles. The predicted molar refractivity (Wildman–Crippen MR) is 80.4 cm³/mol. The first-order valence-corrected chi connectivity index (χ1v) is 7.04. The van der Waals surface area contributed by atoms with E-state index in [2.05, 4.69) is 4.98 Å². The highest BCUT2D eigenvalue weighted by atomic mass is 19.1. The summed E-state index contributed by atoms with van der Waals surface area (Å²) in [6, 6.07) is 1.96. The van der Waals surface area contributed by atoms with Crippen molar-refractivity contribution in [2.24, 2.45) is 0 Å². The number of hydrogen-bond donors (Lipinski definition) is 0. The number of hydrogen-bond acceptors (Lipinski definition) is 5. The molecule has 0 amide bonds. The molecule has 7 nitrogen and oxygen atoms in total. The Morgan fingerprint density at radius 3 is 2.57 bits per heavy atom. The van der Waals surface area contributed by atoms with Crippen LogP contribution in [0, 0.1) is 5.82 Å². The fraction of sp³-hybridized carbons (Fsp3) is 0.333. The second-order valence-corrected chi connectivity index (χ2v) is 5.02. The molecule has 2 rings (SSSR count). The van der Waals surface area contributed by atoms with Gasteiger partial charge in [0, 0.05) is 12.2 Å². The lowest BCUT2D eigenvalue weighted by atomic mass is 10.3. The lowest BCUT2D eigenvalue weighted by molar-refractivity contribution is 0.0522. The van der Waals surface area contributed by atoms with Crippen molar-refractivity contribution >= 4 is 5.97 Å². The quantitative estimate of drug-likeness (QED) is 0.792. The number of carbonyl (C=O) groups is 1. The van der Waals surface area contributed by atoms with Crippen molar-refractivity contribution in [2.45, 2.75) is 26.8 Å². The molecule has 2 heterocycles. The van der Waals surface area contributed by atoms with Gasteiger partial charge in [0.2, 0.25) is 0 Å². The Bertz CT molecular complexity index is 837. The van der Waals surface area contributed by atoms with Crippen LogP contribution in [0.1, 0.15) is 37.2 Å². The fourth-order valence-electron chi connectivity index (χ4n) is 1.99. The summed E-state index contributed by atoms with van der Waals surface area (Å²) >= 11 is 0. The number of halogens is 1. The van der Waals surface area contributed by atoms with Crippen molar-refractivity contribution in [2.75, 3.05) is 6.61 Å². The van der Waals surface area contributed by atoms with Gasteiger partial charge in [-0.1, -0.05) is 0 Å². The van der Waals surface area contributed by atoms with E-state index in [0.29, 0.717) is 0 Å². The standard InChI is InChI=1S/C15H16FN3O4/c1-4-23-14(21)11-8-18(9(2)3)15(22)19(13(11)20)12-6-5-10(16)7-17-12/h5-9H,4H2,1-3H3. The van der Waals surface area contributed by atoms with Crippen LogP contribution in [0.3, 0.4) is 0 Å². The van der Waals surface area contributed by atoms with Crippen LogP contribution in [0.5, 0.6) is 0 Å². The summed E-state index contributed by atoms with van der Waals surface area (Å²) in [5, 5.41) is 0. The molecule has 0 radical (unpaired) electrons. The molecule has 8 heteroatoms. The first-order valence-electron chi connectivity index (χ1n) is 7.04. The van der Waals surface area contributed by atoms with Gasteiger partial charge in [-0.15, -0.1) is 0 Å². The Balaban J connectivity index is 2.79. The topological polar surface area (TPSA) is 83.2 Å². The predicted octanol–water partition coefficient (Wildman–Crippen LogP) is 1.29. The molecular weight excluding hydrogens is 305 g/mol. The number of ether oxygens (including phenoxy) is 1. The Kier molecular flexibility index (Phi) is 4.73. The van der Waals surface area contributed by atoms with Crippen molar-refractivity contribution in [1.82, 2.24) is 14.1 Å². The molecule has 0 saturated carbocycles. The fourth-order valence-corrected chi connectivity index (χ4v) is 1.99. The molecule has 0 aliphatic heterocycles. The highest BCUT2D eigenvalue weighted by Gasteiger charge is 2.20. The number of esters is 1. The summed E-state index contributed by atoms with van der Waals surface area (Å²) in [5.41, 5.74) is -1.81. The van der Waals surface area contributed by atoms with E-state index in [1.54, 1.807) is 20.8 Å². The van der Waals surface area contributed by atoms with E-state index >= 15 is 0 Å². The SMILES string of the molecule is CCOC(=O)c1cn(C(C)C)c(=O)n(-c2ccc(F)cn2)c1=O. The summed E-state index contributed by atoms with van der Waals surface area (Å²) in [6.45, 7) is 5.15. The van der Waals surface area contributed by atoms with Gasteiger partial charge in [0.15, 0.2) is 0 Å². The molecule has 0 atom stereocenters. The smallest absolute Gasteiger partial charge is 0.345 e. The molecule has 0 aliphatic rings. The molecule has 0 aliphatic carbocycles. The lowest BCUT2D eigenvalue weighted by Crippen LogP contribution is -2.42. The third-order valence-electron chi connectivity index (χ3n) is 3.11. The summed E-state index contributed by atoms with van der Waals surface area (Å²) < 4.78 is 19.8. The van der Waals surface area contributed by atoms with Crippen LogP contribution < -0.4 is 11.2 Å². The summed E-state index contributed by atoms with van der Waals surface area (Å²) in [5.74, 6) is -1.50. The summed E-state index contributed by atoms with van der Waals surface area (Å²) in [7, 11) is 0. The third-order valence-corrected chi connectivity index (χ3v) is 3.11. The van der Waals surface area contributed by atoms with E-state index in [0.717, 1.165) is 16.8 Å². The summed E-state index contributed by atoms with van der Waals surface area (Å²) in [6.07, 6.45) is 2.06. The van der Waals surface area contributed by atoms with Gasteiger partial charge >= 0.3 is 11.7 Å². The largest absolute Gasteiger partial charge is 0.462 e. The van der Waals surface area contributed by atoms with Gasteiger partial charge in [-0.25, -0.2) is 23.5 Å². The number of nitrogens with zero attached hydrogens (tertiary/aromatic N) is 3. The van der Waals surface area contributed by atoms with Crippen molar-refractivity contribution in [1.29, 1.82) is 0 Å². The van der Waals surface area contributed by atoms with E-state index in [1.165, 1.54) is 16.8 Å². The molecule has 0 fully saturated rings. The molecular formula is C15H16FN3O4. The van der Waals surface area contributed by atoms with E-state index in [-0.39, 0.29) is 24.0 Å². The zero-order valence-corrected chi connectivity index (χ0v) is 12.9. The maximum Gasteiger partial charge on any atom is 0.345 e. The molecule has 2 aromatic rings. The normalized spacial score (nSPS) is 10.8. The molecule has 0 aromatic carbocycles. The Morgan fingerprint density at radius 2 is 2.04 bits per heavy atom. The van der Waals surface area contributed by atoms with Gasteiger partial charge in [-0.05, 0) is 32.9 Å². The Labute approximate surface area is 131 Å². The van der Waals surface area contributed by atoms with Gasteiger partial charge in [-0.2, -0.15) is 0 Å². The van der Waals surface area contributed by atoms with Crippen LogP contribution in [-0.2, 0) is 4.74 Å².